The molecule has 1 aromatic rings. The maximum atomic E-state index is 13.5. The van der Waals surface area contributed by atoms with E-state index in [4.69, 9.17) is 4.74 Å². The van der Waals surface area contributed by atoms with Gasteiger partial charge in [0.2, 0.25) is 5.91 Å². The third-order valence-electron chi connectivity index (χ3n) is 7.70. The number of benzene rings is 1. The van der Waals surface area contributed by atoms with Gasteiger partial charge in [-0.1, -0.05) is 19.1 Å². The number of morpholine rings is 1. The van der Waals surface area contributed by atoms with Crippen LogP contribution >= 0.6 is 0 Å². The fraction of sp³-hybridized carbons (Fsp3) is 0.652. The van der Waals surface area contributed by atoms with Gasteiger partial charge in [0.05, 0.1) is 17.8 Å². The number of amides is 2. The Morgan fingerprint density at radius 2 is 1.90 bits per heavy atom. The minimum absolute atomic E-state index is 0.00537. The SMILES string of the molecule is CC1CN(C(=O)C2CC3CCC2(C)CC32NC(=O)c3ccccc3N2)CC(C)O1. The number of para-hydroxylation sites is 1. The fourth-order valence-corrected chi connectivity index (χ4v) is 6.41. The van der Waals surface area contributed by atoms with Gasteiger partial charge in [0.15, 0.2) is 0 Å². The van der Waals surface area contributed by atoms with Crippen LogP contribution in [0.2, 0.25) is 0 Å². The van der Waals surface area contributed by atoms with Crippen molar-refractivity contribution in [3.8, 4) is 0 Å². The van der Waals surface area contributed by atoms with E-state index in [0.717, 1.165) is 31.4 Å². The third-order valence-corrected chi connectivity index (χ3v) is 7.70. The van der Waals surface area contributed by atoms with Crippen LogP contribution in [-0.4, -0.2) is 47.7 Å². The number of nitrogens with zero attached hydrogens (tertiary/aromatic N) is 1. The van der Waals surface area contributed by atoms with Gasteiger partial charge in [-0.25, -0.2) is 0 Å². The molecule has 2 amide bonds. The molecule has 1 aromatic carbocycles. The molecule has 156 valence electrons. The van der Waals surface area contributed by atoms with Gasteiger partial charge in [-0.2, -0.15) is 0 Å². The molecule has 2 bridgehead atoms. The van der Waals surface area contributed by atoms with E-state index in [1.54, 1.807) is 0 Å². The molecule has 1 spiro atoms. The summed E-state index contributed by atoms with van der Waals surface area (Å²) >= 11 is 0. The predicted molar refractivity (Wildman–Crippen MR) is 110 cm³/mol. The number of ether oxygens (including phenoxy) is 1. The van der Waals surface area contributed by atoms with Gasteiger partial charge in [0, 0.05) is 30.6 Å². The molecule has 6 nitrogen and oxygen atoms in total. The number of nitrogens with one attached hydrogen (secondary N) is 2. The highest BCUT2D eigenvalue weighted by molar-refractivity contribution is 6.02. The van der Waals surface area contributed by atoms with Gasteiger partial charge in [0.25, 0.3) is 5.91 Å². The molecular formula is C23H31N3O3. The summed E-state index contributed by atoms with van der Waals surface area (Å²) in [5.41, 5.74) is 1.05. The molecule has 2 N–H and O–H groups in total. The number of hydrogen-bond donors (Lipinski definition) is 2. The summed E-state index contributed by atoms with van der Waals surface area (Å²) in [7, 11) is 0. The number of carbonyl (C=O) groups excluding carboxylic acids is 2. The first-order chi connectivity index (χ1) is 13.8. The van der Waals surface area contributed by atoms with Crippen LogP contribution in [0.15, 0.2) is 24.3 Å². The molecular weight excluding hydrogens is 366 g/mol. The average Bonchev–Trinajstić information content (AvgIpc) is 2.66. The smallest absolute Gasteiger partial charge is 0.255 e. The molecule has 6 unspecified atom stereocenters. The number of anilines is 1. The van der Waals surface area contributed by atoms with Crippen molar-refractivity contribution in [2.75, 3.05) is 18.4 Å². The Labute approximate surface area is 172 Å². The topological polar surface area (TPSA) is 70.7 Å². The Morgan fingerprint density at radius 3 is 2.62 bits per heavy atom. The minimum atomic E-state index is -0.444. The number of fused-ring (bicyclic) bond motifs is 3. The standard InChI is InChI=1S/C23H31N3O3/c1-14-11-26(12-15(2)29-14)21(28)18-10-16-8-9-22(18,3)13-23(16)24-19-7-5-4-6-17(19)20(27)25-23/h4-7,14-16,18,24H,8-13H2,1-3H3,(H,25,27). The lowest BCUT2D eigenvalue weighted by Crippen LogP contribution is -2.70. The van der Waals surface area contributed by atoms with Crippen LogP contribution in [0.4, 0.5) is 5.69 Å². The van der Waals surface area contributed by atoms with E-state index in [1.165, 1.54) is 0 Å². The zero-order valence-electron chi connectivity index (χ0n) is 17.5. The van der Waals surface area contributed by atoms with Gasteiger partial charge >= 0.3 is 0 Å². The fourth-order valence-electron chi connectivity index (χ4n) is 6.41. The summed E-state index contributed by atoms with van der Waals surface area (Å²) in [6.07, 6.45) is 3.84. The van der Waals surface area contributed by atoms with Crippen molar-refractivity contribution in [3.05, 3.63) is 29.8 Å². The lowest BCUT2D eigenvalue weighted by molar-refractivity contribution is -0.161. The lowest BCUT2D eigenvalue weighted by atomic mass is 9.51. The average molecular weight is 398 g/mol. The second-order valence-corrected chi connectivity index (χ2v) is 9.95. The number of hydrogen-bond acceptors (Lipinski definition) is 4. The third kappa shape index (κ3) is 2.95. The molecule has 3 saturated carbocycles. The zero-order chi connectivity index (χ0) is 20.4. The summed E-state index contributed by atoms with van der Waals surface area (Å²) in [5.74, 6) is 0.539. The zero-order valence-corrected chi connectivity index (χ0v) is 17.5. The molecule has 5 aliphatic rings. The van der Waals surface area contributed by atoms with Crippen molar-refractivity contribution in [1.29, 1.82) is 0 Å². The van der Waals surface area contributed by atoms with Gasteiger partial charge in [-0.3, -0.25) is 9.59 Å². The maximum absolute atomic E-state index is 13.5. The summed E-state index contributed by atoms with van der Waals surface area (Å²) < 4.78 is 5.82. The number of rotatable bonds is 1. The minimum Gasteiger partial charge on any atom is -0.372 e. The first-order valence-corrected chi connectivity index (χ1v) is 10.9. The van der Waals surface area contributed by atoms with Crippen molar-refractivity contribution in [1.82, 2.24) is 10.2 Å². The predicted octanol–water partition coefficient (Wildman–Crippen LogP) is 3.00. The first kappa shape index (κ1) is 18.9. The molecule has 29 heavy (non-hydrogen) atoms. The van der Waals surface area contributed by atoms with Crippen LogP contribution in [0.25, 0.3) is 0 Å². The van der Waals surface area contributed by atoms with Gasteiger partial charge in [-0.15, -0.1) is 0 Å². The first-order valence-electron chi connectivity index (χ1n) is 10.9. The molecule has 6 rings (SSSR count). The van der Waals surface area contributed by atoms with Crippen molar-refractivity contribution >= 4 is 17.5 Å². The maximum Gasteiger partial charge on any atom is 0.255 e. The van der Waals surface area contributed by atoms with E-state index in [9.17, 15) is 9.59 Å². The van der Waals surface area contributed by atoms with E-state index >= 15 is 0 Å². The molecule has 0 radical (unpaired) electrons. The monoisotopic (exact) mass is 397 g/mol. The van der Waals surface area contributed by atoms with E-state index in [1.807, 2.05) is 43.0 Å². The van der Waals surface area contributed by atoms with Crippen molar-refractivity contribution in [2.45, 2.75) is 64.3 Å². The Balaban J connectivity index is 1.41. The van der Waals surface area contributed by atoms with Crippen molar-refractivity contribution < 1.29 is 14.3 Å². The summed E-state index contributed by atoms with van der Waals surface area (Å²) in [6, 6.07) is 7.71. The highest BCUT2D eigenvalue weighted by atomic mass is 16.5. The van der Waals surface area contributed by atoms with E-state index in [2.05, 4.69) is 17.6 Å². The molecule has 3 aliphatic carbocycles. The van der Waals surface area contributed by atoms with E-state index < -0.39 is 5.66 Å². The Hall–Kier alpha value is -2.08. The summed E-state index contributed by atoms with van der Waals surface area (Å²) in [6.45, 7) is 7.67. The lowest BCUT2D eigenvalue weighted by Gasteiger charge is -2.61. The molecule has 0 aromatic heterocycles. The number of carbonyl (C=O) groups is 2. The van der Waals surface area contributed by atoms with Crippen LogP contribution < -0.4 is 10.6 Å². The molecule has 2 heterocycles. The van der Waals surface area contributed by atoms with Gasteiger partial charge < -0.3 is 20.3 Å². The quantitative estimate of drug-likeness (QED) is 0.764. The molecule has 1 saturated heterocycles. The summed E-state index contributed by atoms with van der Waals surface area (Å²) in [5, 5.41) is 6.98. The van der Waals surface area contributed by atoms with Crippen molar-refractivity contribution in [2.24, 2.45) is 17.3 Å². The molecule has 4 fully saturated rings. The van der Waals surface area contributed by atoms with Gasteiger partial charge in [0.1, 0.15) is 5.66 Å². The Bertz CT molecular complexity index is 848. The van der Waals surface area contributed by atoms with Crippen LogP contribution in [0.3, 0.4) is 0 Å². The van der Waals surface area contributed by atoms with Crippen molar-refractivity contribution in [3.63, 3.8) is 0 Å². The van der Waals surface area contributed by atoms with Crippen LogP contribution in [0.1, 0.15) is 56.8 Å². The molecule has 6 atom stereocenters. The second kappa shape index (κ2) is 6.46. The van der Waals surface area contributed by atoms with E-state index in [-0.39, 0.29) is 41.3 Å². The molecule has 2 aliphatic heterocycles. The second-order valence-electron chi connectivity index (χ2n) is 9.95. The Kier molecular flexibility index (Phi) is 4.21. The largest absolute Gasteiger partial charge is 0.372 e. The molecule has 6 heteroatoms. The normalized spacial score (nSPS) is 40.9. The van der Waals surface area contributed by atoms with Crippen LogP contribution in [0.5, 0.6) is 0 Å². The van der Waals surface area contributed by atoms with Gasteiger partial charge in [-0.05, 0) is 57.1 Å². The van der Waals surface area contributed by atoms with Crippen LogP contribution in [-0.2, 0) is 9.53 Å². The Morgan fingerprint density at radius 1 is 1.17 bits per heavy atom. The van der Waals surface area contributed by atoms with E-state index in [0.29, 0.717) is 18.7 Å². The highest BCUT2D eigenvalue weighted by Gasteiger charge is 2.60. The van der Waals surface area contributed by atoms with Crippen LogP contribution in [0, 0.1) is 17.3 Å². The summed E-state index contributed by atoms with van der Waals surface area (Å²) in [4.78, 5) is 28.4. The highest BCUT2D eigenvalue weighted by Crippen LogP contribution is 2.58.